The van der Waals surface area contributed by atoms with Gasteiger partial charge in [0, 0.05) is 28.2 Å². The SMILES string of the molecule is Cl.NC[C@@H](N)c1c(Cl)cccc1Cl. The molecule has 5 heteroatoms. The van der Waals surface area contributed by atoms with Gasteiger partial charge in [-0.25, -0.2) is 0 Å². The Kier molecular flexibility index (Phi) is 5.68. The van der Waals surface area contributed by atoms with Crippen molar-refractivity contribution in [1.29, 1.82) is 0 Å². The maximum atomic E-state index is 5.88. The van der Waals surface area contributed by atoms with Crippen molar-refractivity contribution in [3.05, 3.63) is 33.8 Å². The molecule has 0 amide bonds. The molecular weight excluding hydrogens is 230 g/mol. The maximum absolute atomic E-state index is 5.88. The summed E-state index contributed by atoms with van der Waals surface area (Å²) in [5.41, 5.74) is 11.8. The first kappa shape index (κ1) is 13.0. The van der Waals surface area contributed by atoms with Crippen LogP contribution in [0.2, 0.25) is 10.0 Å². The van der Waals surface area contributed by atoms with Crippen LogP contribution in [-0.2, 0) is 0 Å². The van der Waals surface area contributed by atoms with Gasteiger partial charge in [0.25, 0.3) is 0 Å². The van der Waals surface area contributed by atoms with E-state index in [4.69, 9.17) is 34.7 Å². The largest absolute Gasteiger partial charge is 0.329 e. The van der Waals surface area contributed by atoms with E-state index in [-0.39, 0.29) is 18.4 Å². The Hall–Kier alpha value is 0.01000. The Morgan fingerprint density at radius 3 is 2.08 bits per heavy atom. The van der Waals surface area contributed by atoms with E-state index in [9.17, 15) is 0 Å². The molecule has 1 aromatic carbocycles. The van der Waals surface area contributed by atoms with Crippen molar-refractivity contribution in [3.8, 4) is 0 Å². The third kappa shape index (κ3) is 3.01. The highest BCUT2D eigenvalue weighted by atomic mass is 35.5. The highest BCUT2D eigenvalue weighted by Gasteiger charge is 2.11. The summed E-state index contributed by atoms with van der Waals surface area (Å²) in [7, 11) is 0. The molecule has 0 aromatic heterocycles. The van der Waals surface area contributed by atoms with E-state index in [2.05, 4.69) is 0 Å². The van der Waals surface area contributed by atoms with Gasteiger partial charge in [-0.1, -0.05) is 29.3 Å². The molecule has 13 heavy (non-hydrogen) atoms. The molecule has 0 fully saturated rings. The Morgan fingerprint density at radius 1 is 1.23 bits per heavy atom. The Balaban J connectivity index is 0.00000144. The molecule has 0 radical (unpaired) electrons. The summed E-state index contributed by atoms with van der Waals surface area (Å²) in [6.07, 6.45) is 0. The van der Waals surface area contributed by atoms with Gasteiger partial charge in [-0.2, -0.15) is 0 Å². The summed E-state index contributed by atoms with van der Waals surface area (Å²) in [6.45, 7) is 0.337. The van der Waals surface area contributed by atoms with E-state index in [0.717, 1.165) is 5.56 Å². The van der Waals surface area contributed by atoms with Gasteiger partial charge in [0.2, 0.25) is 0 Å². The van der Waals surface area contributed by atoms with Gasteiger partial charge >= 0.3 is 0 Å². The fraction of sp³-hybridized carbons (Fsp3) is 0.250. The molecule has 1 rings (SSSR count). The summed E-state index contributed by atoms with van der Waals surface area (Å²) < 4.78 is 0. The third-order valence-electron chi connectivity index (χ3n) is 1.62. The quantitative estimate of drug-likeness (QED) is 0.835. The molecule has 74 valence electrons. The van der Waals surface area contributed by atoms with Gasteiger partial charge in [-0.3, -0.25) is 0 Å². The lowest BCUT2D eigenvalue weighted by atomic mass is 10.1. The average Bonchev–Trinajstić information content (AvgIpc) is 2.03. The predicted octanol–water partition coefficient (Wildman–Crippen LogP) is 2.37. The van der Waals surface area contributed by atoms with Crippen LogP contribution in [0.15, 0.2) is 18.2 Å². The lowest BCUT2D eigenvalue weighted by Gasteiger charge is -2.12. The van der Waals surface area contributed by atoms with Crippen molar-refractivity contribution < 1.29 is 0 Å². The maximum Gasteiger partial charge on any atom is 0.0469 e. The summed E-state index contributed by atoms with van der Waals surface area (Å²) >= 11 is 11.8. The minimum absolute atomic E-state index is 0. The van der Waals surface area contributed by atoms with Crippen molar-refractivity contribution in [3.63, 3.8) is 0 Å². The zero-order valence-electron chi connectivity index (χ0n) is 6.84. The predicted molar refractivity (Wildman–Crippen MR) is 59.7 cm³/mol. The van der Waals surface area contributed by atoms with Crippen LogP contribution in [0.1, 0.15) is 11.6 Å². The molecule has 1 atom stereocenters. The minimum Gasteiger partial charge on any atom is -0.329 e. The number of benzene rings is 1. The third-order valence-corrected chi connectivity index (χ3v) is 2.28. The molecule has 2 nitrogen and oxygen atoms in total. The number of rotatable bonds is 2. The van der Waals surface area contributed by atoms with E-state index < -0.39 is 0 Å². The Bertz CT molecular complexity index is 258. The van der Waals surface area contributed by atoms with E-state index >= 15 is 0 Å². The highest BCUT2D eigenvalue weighted by Crippen LogP contribution is 2.28. The van der Waals surface area contributed by atoms with Crippen LogP contribution in [0.25, 0.3) is 0 Å². The topological polar surface area (TPSA) is 52.0 Å². The van der Waals surface area contributed by atoms with Crippen LogP contribution in [-0.4, -0.2) is 6.54 Å². The first-order chi connectivity index (χ1) is 5.66. The van der Waals surface area contributed by atoms with Crippen LogP contribution in [0.5, 0.6) is 0 Å². The first-order valence-corrected chi connectivity index (χ1v) is 4.32. The van der Waals surface area contributed by atoms with E-state index in [0.29, 0.717) is 16.6 Å². The van der Waals surface area contributed by atoms with Gasteiger partial charge in [0.1, 0.15) is 0 Å². The zero-order chi connectivity index (χ0) is 9.14. The van der Waals surface area contributed by atoms with Crippen molar-refractivity contribution in [1.82, 2.24) is 0 Å². The van der Waals surface area contributed by atoms with E-state index in [1.54, 1.807) is 18.2 Å². The standard InChI is InChI=1S/C8H10Cl2N2.ClH/c9-5-2-1-3-6(10)8(5)7(12)4-11;/h1-3,7H,4,11-12H2;1H/t7-;/m1./s1. The van der Waals surface area contributed by atoms with Crippen LogP contribution >= 0.6 is 35.6 Å². The second-order valence-electron chi connectivity index (χ2n) is 2.48. The molecule has 0 unspecified atom stereocenters. The van der Waals surface area contributed by atoms with Crippen LogP contribution in [0.3, 0.4) is 0 Å². The average molecular weight is 242 g/mol. The van der Waals surface area contributed by atoms with Gasteiger partial charge in [0.05, 0.1) is 0 Å². The zero-order valence-corrected chi connectivity index (χ0v) is 9.16. The van der Waals surface area contributed by atoms with Crippen LogP contribution < -0.4 is 11.5 Å². The fourth-order valence-electron chi connectivity index (χ4n) is 0.983. The first-order valence-electron chi connectivity index (χ1n) is 3.56. The van der Waals surface area contributed by atoms with E-state index in [1.165, 1.54) is 0 Å². The van der Waals surface area contributed by atoms with Gasteiger partial charge in [-0.15, -0.1) is 12.4 Å². The summed E-state index contributed by atoms with van der Waals surface area (Å²) in [5.74, 6) is 0. The number of halogens is 3. The smallest absolute Gasteiger partial charge is 0.0469 e. The second kappa shape index (κ2) is 5.68. The lowest BCUT2D eigenvalue weighted by molar-refractivity contribution is 0.737. The number of hydrogen-bond donors (Lipinski definition) is 2. The van der Waals surface area contributed by atoms with Crippen molar-refractivity contribution in [2.75, 3.05) is 6.54 Å². The molecule has 0 aliphatic rings. The number of hydrogen-bond acceptors (Lipinski definition) is 2. The van der Waals surface area contributed by atoms with Crippen molar-refractivity contribution >= 4 is 35.6 Å². The molecule has 0 saturated heterocycles. The number of nitrogens with two attached hydrogens (primary N) is 2. The Morgan fingerprint density at radius 2 is 1.69 bits per heavy atom. The van der Waals surface area contributed by atoms with Crippen molar-refractivity contribution in [2.45, 2.75) is 6.04 Å². The molecule has 0 spiro atoms. The minimum atomic E-state index is -0.286. The van der Waals surface area contributed by atoms with Crippen molar-refractivity contribution in [2.24, 2.45) is 11.5 Å². The molecule has 0 bridgehead atoms. The molecule has 0 aliphatic heterocycles. The van der Waals surface area contributed by atoms with Gasteiger partial charge < -0.3 is 11.5 Å². The normalized spacial score (nSPS) is 12.0. The second-order valence-corrected chi connectivity index (χ2v) is 3.29. The molecule has 0 aliphatic carbocycles. The molecule has 1 aromatic rings. The molecule has 4 N–H and O–H groups in total. The summed E-state index contributed by atoms with van der Waals surface area (Å²) in [6, 6.07) is 4.99. The fourth-order valence-corrected chi connectivity index (χ4v) is 1.66. The summed E-state index contributed by atoms with van der Waals surface area (Å²) in [5, 5.41) is 1.14. The van der Waals surface area contributed by atoms with E-state index in [1.807, 2.05) is 0 Å². The van der Waals surface area contributed by atoms with Gasteiger partial charge in [-0.05, 0) is 12.1 Å². The molecule has 0 heterocycles. The molecular formula is C8H11Cl3N2. The monoisotopic (exact) mass is 240 g/mol. The summed E-state index contributed by atoms with van der Waals surface area (Å²) in [4.78, 5) is 0. The van der Waals surface area contributed by atoms with Crippen LogP contribution in [0, 0.1) is 0 Å². The molecule has 0 saturated carbocycles. The van der Waals surface area contributed by atoms with Gasteiger partial charge in [0.15, 0.2) is 0 Å². The Labute approximate surface area is 93.6 Å². The highest BCUT2D eigenvalue weighted by molar-refractivity contribution is 6.36. The lowest BCUT2D eigenvalue weighted by Crippen LogP contribution is -2.21. The van der Waals surface area contributed by atoms with Crippen LogP contribution in [0.4, 0.5) is 0 Å².